The van der Waals surface area contributed by atoms with E-state index in [1.54, 1.807) is 0 Å². The first-order valence-electron chi connectivity index (χ1n) is 5.11. The second kappa shape index (κ2) is 4.00. The van der Waals surface area contributed by atoms with Crippen molar-refractivity contribution in [2.24, 2.45) is 5.41 Å². The quantitative estimate of drug-likeness (QED) is 0.590. The van der Waals surface area contributed by atoms with E-state index < -0.39 is 16.3 Å². The predicted octanol–water partition coefficient (Wildman–Crippen LogP) is 1.27. The zero-order chi connectivity index (χ0) is 12.5. The minimum Gasteiger partial charge on any atom is -0.481 e. The Bertz CT molecular complexity index is 470. The molecule has 7 heteroatoms. The first-order chi connectivity index (χ1) is 8.05. The monoisotopic (exact) mass is 237 g/mol. The van der Waals surface area contributed by atoms with Gasteiger partial charge in [-0.25, -0.2) is 0 Å². The van der Waals surface area contributed by atoms with Gasteiger partial charge in [0.25, 0.3) is 0 Å². The highest BCUT2D eigenvalue weighted by atomic mass is 16.6. The number of aromatic nitrogens is 1. The van der Waals surface area contributed by atoms with Crippen LogP contribution in [0.25, 0.3) is 0 Å². The molecule has 1 aromatic rings. The van der Waals surface area contributed by atoms with Crippen molar-refractivity contribution in [2.45, 2.75) is 12.8 Å². The second-order valence-corrected chi connectivity index (χ2v) is 4.09. The van der Waals surface area contributed by atoms with Gasteiger partial charge < -0.3 is 10.4 Å². The van der Waals surface area contributed by atoms with Gasteiger partial charge in [0, 0.05) is 12.7 Å². The molecule has 1 heterocycles. The van der Waals surface area contributed by atoms with Gasteiger partial charge in [0.2, 0.25) is 0 Å². The molecular weight excluding hydrogens is 226 g/mol. The summed E-state index contributed by atoms with van der Waals surface area (Å²) in [5.74, 6) is -0.860. The first kappa shape index (κ1) is 11.3. The van der Waals surface area contributed by atoms with Gasteiger partial charge in [0.1, 0.15) is 11.9 Å². The summed E-state index contributed by atoms with van der Waals surface area (Å²) in [4.78, 5) is 24.8. The number of carboxylic acid groups (broad SMARTS) is 1. The Hall–Kier alpha value is -2.18. The van der Waals surface area contributed by atoms with Gasteiger partial charge in [-0.1, -0.05) is 0 Å². The minimum absolute atomic E-state index is 0.145. The maximum absolute atomic E-state index is 10.9. The Labute approximate surface area is 96.6 Å². The standard InChI is InChI=1S/C10H11N3O4/c14-9(15)10(2-3-10)6-12-7-1-4-11-5-8(7)13(16)17/h1,4-5H,2-3,6H2,(H,11,12)(H,14,15). The molecule has 0 aromatic carbocycles. The lowest BCUT2D eigenvalue weighted by Crippen LogP contribution is -2.24. The van der Waals surface area contributed by atoms with Gasteiger partial charge in [0.15, 0.2) is 0 Å². The van der Waals surface area contributed by atoms with Crippen LogP contribution in [0.4, 0.5) is 11.4 Å². The summed E-state index contributed by atoms with van der Waals surface area (Å²) in [6, 6.07) is 1.47. The molecule has 1 aromatic heterocycles. The molecule has 2 N–H and O–H groups in total. The number of nitrogens with zero attached hydrogens (tertiary/aromatic N) is 2. The smallest absolute Gasteiger partial charge is 0.311 e. The normalized spacial score (nSPS) is 16.2. The molecule has 0 aliphatic heterocycles. The predicted molar refractivity (Wildman–Crippen MR) is 58.7 cm³/mol. The van der Waals surface area contributed by atoms with Gasteiger partial charge >= 0.3 is 11.7 Å². The lowest BCUT2D eigenvalue weighted by Gasteiger charge is -2.11. The van der Waals surface area contributed by atoms with Crippen LogP contribution in [-0.4, -0.2) is 27.5 Å². The molecule has 0 spiro atoms. The van der Waals surface area contributed by atoms with E-state index in [1.165, 1.54) is 12.3 Å². The van der Waals surface area contributed by atoms with E-state index in [1.807, 2.05) is 0 Å². The number of carbonyl (C=O) groups is 1. The molecule has 17 heavy (non-hydrogen) atoms. The summed E-state index contributed by atoms with van der Waals surface area (Å²) in [7, 11) is 0. The molecule has 1 fully saturated rings. The fourth-order valence-electron chi connectivity index (χ4n) is 1.56. The zero-order valence-electron chi connectivity index (χ0n) is 8.92. The van der Waals surface area contributed by atoms with E-state index in [-0.39, 0.29) is 12.2 Å². The highest BCUT2D eigenvalue weighted by Crippen LogP contribution is 2.46. The molecular formula is C10H11N3O4. The third-order valence-corrected chi connectivity index (χ3v) is 2.92. The topological polar surface area (TPSA) is 105 Å². The second-order valence-electron chi connectivity index (χ2n) is 4.09. The lowest BCUT2D eigenvalue weighted by atomic mass is 10.1. The van der Waals surface area contributed by atoms with E-state index in [0.29, 0.717) is 18.5 Å². The summed E-state index contributed by atoms with van der Waals surface area (Å²) in [6.45, 7) is 0.202. The van der Waals surface area contributed by atoms with Gasteiger partial charge in [-0.2, -0.15) is 0 Å². The zero-order valence-corrected chi connectivity index (χ0v) is 8.92. The fourth-order valence-corrected chi connectivity index (χ4v) is 1.56. The molecule has 1 aliphatic carbocycles. The molecule has 0 saturated heterocycles. The Morgan fingerprint density at radius 3 is 2.88 bits per heavy atom. The number of aliphatic carboxylic acids is 1. The van der Waals surface area contributed by atoms with Crippen LogP contribution in [0.3, 0.4) is 0 Å². The Morgan fingerprint density at radius 1 is 1.65 bits per heavy atom. The average Bonchev–Trinajstić information content (AvgIpc) is 3.07. The summed E-state index contributed by atoms with van der Waals surface area (Å²) in [5.41, 5.74) is -0.594. The average molecular weight is 237 g/mol. The van der Waals surface area contributed by atoms with Crippen LogP contribution in [0, 0.1) is 15.5 Å². The van der Waals surface area contributed by atoms with Crippen LogP contribution in [-0.2, 0) is 4.79 Å². The van der Waals surface area contributed by atoms with Crippen molar-refractivity contribution in [3.8, 4) is 0 Å². The highest BCUT2D eigenvalue weighted by Gasteiger charge is 2.50. The Kier molecular flexibility index (Phi) is 2.66. The van der Waals surface area contributed by atoms with Crippen LogP contribution >= 0.6 is 0 Å². The Balaban J connectivity index is 2.09. The largest absolute Gasteiger partial charge is 0.481 e. The lowest BCUT2D eigenvalue weighted by molar-refractivity contribution is -0.384. The number of nitro groups is 1. The third kappa shape index (κ3) is 2.17. The van der Waals surface area contributed by atoms with Crippen LogP contribution in [0.15, 0.2) is 18.5 Å². The van der Waals surface area contributed by atoms with Crippen molar-refractivity contribution in [3.63, 3.8) is 0 Å². The summed E-state index contributed by atoms with van der Waals surface area (Å²) in [6.07, 6.45) is 3.78. The summed E-state index contributed by atoms with van der Waals surface area (Å²) >= 11 is 0. The third-order valence-electron chi connectivity index (χ3n) is 2.92. The van der Waals surface area contributed by atoms with Crippen LogP contribution in [0.1, 0.15) is 12.8 Å². The highest BCUT2D eigenvalue weighted by molar-refractivity contribution is 5.79. The van der Waals surface area contributed by atoms with Crippen molar-refractivity contribution in [1.29, 1.82) is 0 Å². The molecule has 90 valence electrons. The van der Waals surface area contributed by atoms with Gasteiger partial charge in [0.05, 0.1) is 10.3 Å². The number of pyridine rings is 1. The van der Waals surface area contributed by atoms with Crippen molar-refractivity contribution >= 4 is 17.3 Å². The number of hydrogen-bond donors (Lipinski definition) is 2. The van der Waals surface area contributed by atoms with Crippen molar-refractivity contribution in [1.82, 2.24) is 4.98 Å². The maximum Gasteiger partial charge on any atom is 0.311 e. The number of hydrogen-bond acceptors (Lipinski definition) is 5. The number of anilines is 1. The van der Waals surface area contributed by atoms with E-state index in [2.05, 4.69) is 10.3 Å². The molecule has 0 unspecified atom stereocenters. The van der Waals surface area contributed by atoms with Gasteiger partial charge in [-0.05, 0) is 18.9 Å². The van der Waals surface area contributed by atoms with E-state index in [4.69, 9.17) is 5.11 Å². The van der Waals surface area contributed by atoms with E-state index >= 15 is 0 Å². The van der Waals surface area contributed by atoms with Crippen molar-refractivity contribution < 1.29 is 14.8 Å². The van der Waals surface area contributed by atoms with Crippen molar-refractivity contribution in [3.05, 3.63) is 28.6 Å². The molecule has 0 amide bonds. The molecule has 0 bridgehead atoms. The van der Waals surface area contributed by atoms with Gasteiger partial charge in [-0.15, -0.1) is 0 Å². The number of nitrogens with one attached hydrogen (secondary N) is 1. The molecule has 1 saturated carbocycles. The maximum atomic E-state index is 10.9. The first-order valence-corrected chi connectivity index (χ1v) is 5.11. The summed E-state index contributed by atoms with van der Waals surface area (Å²) in [5, 5.41) is 22.5. The number of carboxylic acids is 1. The molecule has 2 rings (SSSR count). The van der Waals surface area contributed by atoms with E-state index in [9.17, 15) is 14.9 Å². The molecule has 7 nitrogen and oxygen atoms in total. The van der Waals surface area contributed by atoms with Gasteiger partial charge in [-0.3, -0.25) is 19.9 Å². The van der Waals surface area contributed by atoms with Crippen molar-refractivity contribution in [2.75, 3.05) is 11.9 Å². The summed E-state index contributed by atoms with van der Waals surface area (Å²) < 4.78 is 0. The Morgan fingerprint density at radius 2 is 2.35 bits per heavy atom. The SMILES string of the molecule is O=C(O)C1(CNc2ccncc2[N+](=O)[O-])CC1. The van der Waals surface area contributed by atoms with Crippen LogP contribution < -0.4 is 5.32 Å². The molecule has 0 radical (unpaired) electrons. The molecule has 1 aliphatic rings. The molecule has 0 atom stereocenters. The fraction of sp³-hybridized carbons (Fsp3) is 0.400. The number of rotatable bonds is 5. The van der Waals surface area contributed by atoms with Crippen LogP contribution in [0.2, 0.25) is 0 Å². The van der Waals surface area contributed by atoms with Crippen LogP contribution in [0.5, 0.6) is 0 Å². The van der Waals surface area contributed by atoms with E-state index in [0.717, 1.165) is 6.20 Å². The minimum atomic E-state index is -0.860.